The van der Waals surface area contributed by atoms with E-state index in [0.717, 1.165) is 52.7 Å². The van der Waals surface area contributed by atoms with Gasteiger partial charge in [0.15, 0.2) is 5.65 Å². The van der Waals surface area contributed by atoms with E-state index in [4.69, 9.17) is 9.40 Å². The summed E-state index contributed by atoms with van der Waals surface area (Å²) < 4.78 is 7.61. The molecular weight excluding hydrogens is 416 g/mol. The van der Waals surface area contributed by atoms with Crippen molar-refractivity contribution in [3.05, 3.63) is 59.8 Å². The molecule has 4 aromatic rings. The fraction of sp³-hybridized carbons (Fsp3) is 0.360. The van der Waals surface area contributed by atoms with E-state index in [1.165, 1.54) is 0 Å². The predicted molar refractivity (Wildman–Crippen MR) is 127 cm³/mol. The third-order valence-electron chi connectivity index (χ3n) is 6.14. The monoisotopic (exact) mass is 444 g/mol. The van der Waals surface area contributed by atoms with Crippen molar-refractivity contribution >= 4 is 22.8 Å². The van der Waals surface area contributed by atoms with Gasteiger partial charge in [-0.05, 0) is 52.0 Å². The van der Waals surface area contributed by atoms with Gasteiger partial charge < -0.3 is 14.2 Å². The number of anilines is 1. The minimum absolute atomic E-state index is 0.00509. The summed E-state index contributed by atoms with van der Waals surface area (Å²) in [6.07, 6.45) is 3.56. The van der Waals surface area contributed by atoms with Crippen molar-refractivity contribution in [3.8, 4) is 11.3 Å². The molecule has 0 saturated carbocycles. The van der Waals surface area contributed by atoms with Gasteiger partial charge in [-0.2, -0.15) is 5.10 Å². The number of nitrogens with zero attached hydrogens (tertiary/aromatic N) is 6. The van der Waals surface area contributed by atoms with Crippen LogP contribution in [0.2, 0.25) is 0 Å². The van der Waals surface area contributed by atoms with E-state index in [0.29, 0.717) is 18.7 Å². The van der Waals surface area contributed by atoms with E-state index in [9.17, 15) is 4.79 Å². The van der Waals surface area contributed by atoms with E-state index < -0.39 is 0 Å². The number of carbonyl (C=O) groups is 1. The Morgan fingerprint density at radius 2 is 1.88 bits per heavy atom. The van der Waals surface area contributed by atoms with Crippen LogP contribution >= 0.6 is 0 Å². The molecule has 1 saturated heterocycles. The van der Waals surface area contributed by atoms with Gasteiger partial charge in [0.1, 0.15) is 17.3 Å². The van der Waals surface area contributed by atoms with E-state index >= 15 is 0 Å². The highest BCUT2D eigenvalue weighted by molar-refractivity contribution is 6.06. The molecule has 0 aliphatic carbocycles. The van der Waals surface area contributed by atoms with Crippen molar-refractivity contribution in [1.82, 2.24) is 24.6 Å². The molecule has 0 unspecified atom stereocenters. The summed E-state index contributed by atoms with van der Waals surface area (Å²) in [5.74, 6) is 2.56. The van der Waals surface area contributed by atoms with Crippen molar-refractivity contribution in [1.29, 1.82) is 0 Å². The van der Waals surface area contributed by atoms with Crippen molar-refractivity contribution in [3.63, 3.8) is 0 Å². The Bertz CT molecular complexity index is 1300. The Hall–Kier alpha value is -3.68. The number of aryl methyl sites for hydroxylation is 2. The van der Waals surface area contributed by atoms with E-state index in [1.54, 1.807) is 12.4 Å². The highest BCUT2D eigenvalue weighted by Crippen LogP contribution is 2.31. The zero-order chi connectivity index (χ0) is 23.1. The van der Waals surface area contributed by atoms with Gasteiger partial charge in [0.2, 0.25) is 0 Å². The molecule has 0 bridgehead atoms. The van der Waals surface area contributed by atoms with E-state index in [-0.39, 0.29) is 11.9 Å². The lowest BCUT2D eigenvalue weighted by Gasteiger charge is -2.35. The Balaban J connectivity index is 1.50. The molecule has 0 N–H and O–H groups in total. The third-order valence-corrected chi connectivity index (χ3v) is 6.14. The van der Waals surface area contributed by atoms with Crippen LogP contribution in [0.1, 0.15) is 41.8 Å². The average Bonchev–Trinajstić information content (AvgIpc) is 3.41. The Morgan fingerprint density at radius 3 is 2.52 bits per heavy atom. The van der Waals surface area contributed by atoms with Crippen LogP contribution in [0.25, 0.3) is 22.3 Å². The lowest BCUT2D eigenvalue weighted by molar-refractivity contribution is 0.0748. The van der Waals surface area contributed by atoms with Crippen molar-refractivity contribution in [2.45, 2.75) is 33.7 Å². The standard InChI is InChI=1S/C25H28N6O2/c1-16(2)31-24-21(15-27-31)20(14-22(28-24)19-13-17(3)33-18(19)4)25(32)30-11-9-29(10-12-30)23-7-5-6-8-26-23/h5-8,13-16H,9-12H2,1-4H3. The summed E-state index contributed by atoms with van der Waals surface area (Å²) in [4.78, 5) is 27.2. The van der Waals surface area contributed by atoms with Crippen LogP contribution in [-0.4, -0.2) is 56.7 Å². The summed E-state index contributed by atoms with van der Waals surface area (Å²) in [5, 5.41) is 5.32. The molecular formula is C25H28N6O2. The zero-order valence-electron chi connectivity index (χ0n) is 19.4. The number of fused-ring (bicyclic) bond motifs is 1. The maximum absolute atomic E-state index is 13.7. The van der Waals surface area contributed by atoms with Crippen LogP contribution in [0.5, 0.6) is 0 Å². The molecule has 8 heteroatoms. The smallest absolute Gasteiger partial charge is 0.254 e. The Kier molecular flexibility index (Phi) is 5.36. The van der Waals surface area contributed by atoms with Gasteiger partial charge in [0, 0.05) is 44.0 Å². The average molecular weight is 445 g/mol. The molecule has 0 radical (unpaired) electrons. The van der Waals surface area contributed by atoms with Crippen LogP contribution < -0.4 is 4.90 Å². The molecule has 1 fully saturated rings. The number of hydrogen-bond acceptors (Lipinski definition) is 6. The van der Waals surface area contributed by atoms with Crippen LogP contribution in [0.15, 0.2) is 47.1 Å². The van der Waals surface area contributed by atoms with E-state index in [2.05, 4.69) is 28.8 Å². The van der Waals surface area contributed by atoms with Crippen LogP contribution in [0.4, 0.5) is 5.82 Å². The number of aromatic nitrogens is 4. The first-order chi connectivity index (χ1) is 15.9. The number of pyridine rings is 2. The quantitative estimate of drug-likeness (QED) is 0.468. The topological polar surface area (TPSA) is 80.3 Å². The second kappa shape index (κ2) is 8.35. The molecule has 0 spiro atoms. The summed E-state index contributed by atoms with van der Waals surface area (Å²) in [6, 6.07) is 9.89. The van der Waals surface area contributed by atoms with Crippen molar-refractivity contribution in [2.24, 2.45) is 0 Å². The summed E-state index contributed by atoms with van der Waals surface area (Å²) in [7, 11) is 0. The Morgan fingerprint density at radius 1 is 1.09 bits per heavy atom. The SMILES string of the molecule is Cc1cc(-c2cc(C(=O)N3CCN(c4ccccn4)CC3)c3cnn(C(C)C)c3n2)c(C)o1. The molecule has 5 rings (SSSR count). The van der Waals surface area contributed by atoms with Gasteiger partial charge in [-0.1, -0.05) is 6.07 Å². The van der Waals surface area contributed by atoms with Crippen molar-refractivity contribution in [2.75, 3.05) is 31.1 Å². The van der Waals surface area contributed by atoms with Crippen LogP contribution in [-0.2, 0) is 0 Å². The lowest BCUT2D eigenvalue weighted by atomic mass is 10.1. The second-order valence-corrected chi connectivity index (χ2v) is 8.77. The van der Waals surface area contributed by atoms with Gasteiger partial charge in [0.25, 0.3) is 5.91 Å². The molecule has 5 heterocycles. The maximum atomic E-state index is 13.7. The largest absolute Gasteiger partial charge is 0.466 e. The van der Waals surface area contributed by atoms with Gasteiger partial charge in [0.05, 0.1) is 22.8 Å². The second-order valence-electron chi connectivity index (χ2n) is 8.77. The highest BCUT2D eigenvalue weighted by Gasteiger charge is 2.26. The number of amides is 1. The fourth-order valence-electron chi connectivity index (χ4n) is 4.45. The number of carbonyl (C=O) groups excluding carboxylic acids is 1. The van der Waals surface area contributed by atoms with Crippen LogP contribution in [0, 0.1) is 13.8 Å². The number of rotatable bonds is 4. The molecule has 1 amide bonds. The first kappa shape index (κ1) is 21.2. The fourth-order valence-corrected chi connectivity index (χ4v) is 4.45. The molecule has 170 valence electrons. The molecule has 0 atom stereocenters. The molecule has 0 aromatic carbocycles. The zero-order valence-corrected chi connectivity index (χ0v) is 19.4. The van der Waals surface area contributed by atoms with Gasteiger partial charge in [-0.3, -0.25) is 4.79 Å². The predicted octanol–water partition coefficient (Wildman–Crippen LogP) is 4.25. The minimum Gasteiger partial charge on any atom is -0.466 e. The van der Waals surface area contributed by atoms with Crippen LogP contribution in [0.3, 0.4) is 0 Å². The number of piperazine rings is 1. The van der Waals surface area contributed by atoms with Gasteiger partial charge in [-0.15, -0.1) is 0 Å². The summed E-state index contributed by atoms with van der Waals surface area (Å²) >= 11 is 0. The van der Waals surface area contributed by atoms with E-state index in [1.807, 2.05) is 53.8 Å². The molecule has 1 aliphatic rings. The molecule has 33 heavy (non-hydrogen) atoms. The first-order valence-corrected chi connectivity index (χ1v) is 11.3. The first-order valence-electron chi connectivity index (χ1n) is 11.3. The molecule has 1 aliphatic heterocycles. The Labute approximate surface area is 192 Å². The normalized spacial score (nSPS) is 14.5. The summed E-state index contributed by atoms with van der Waals surface area (Å²) in [6.45, 7) is 10.7. The molecule has 4 aromatic heterocycles. The van der Waals surface area contributed by atoms with Gasteiger partial charge >= 0.3 is 0 Å². The summed E-state index contributed by atoms with van der Waals surface area (Å²) in [5.41, 5.74) is 2.98. The lowest BCUT2D eigenvalue weighted by Crippen LogP contribution is -2.49. The number of hydrogen-bond donors (Lipinski definition) is 0. The molecule has 8 nitrogen and oxygen atoms in total. The number of furan rings is 1. The van der Waals surface area contributed by atoms with Crippen molar-refractivity contribution < 1.29 is 9.21 Å². The maximum Gasteiger partial charge on any atom is 0.254 e. The minimum atomic E-state index is 0.00509. The third kappa shape index (κ3) is 3.86. The highest BCUT2D eigenvalue weighted by atomic mass is 16.3. The van der Waals surface area contributed by atoms with Gasteiger partial charge in [-0.25, -0.2) is 14.6 Å².